The zero-order chi connectivity index (χ0) is 15.5. The van der Waals surface area contributed by atoms with Crippen molar-refractivity contribution in [2.24, 2.45) is 10.8 Å². The van der Waals surface area contributed by atoms with Gasteiger partial charge < -0.3 is 15.5 Å². The van der Waals surface area contributed by atoms with Crippen LogP contribution in [0.3, 0.4) is 0 Å². The summed E-state index contributed by atoms with van der Waals surface area (Å²) in [6, 6.07) is 0. The molecule has 2 saturated heterocycles. The molecule has 1 spiro atoms. The molecule has 0 aliphatic carbocycles. The lowest BCUT2D eigenvalue weighted by Gasteiger charge is -2.39. The number of rotatable bonds is 3. The van der Waals surface area contributed by atoms with Crippen molar-refractivity contribution in [3.05, 3.63) is 0 Å². The molecule has 128 valence electrons. The van der Waals surface area contributed by atoms with E-state index in [1.165, 1.54) is 6.42 Å². The van der Waals surface area contributed by atoms with E-state index >= 15 is 0 Å². The van der Waals surface area contributed by atoms with Gasteiger partial charge in [-0.05, 0) is 31.2 Å². The molecule has 2 aliphatic rings. The third-order valence-electron chi connectivity index (χ3n) is 4.81. The van der Waals surface area contributed by atoms with Gasteiger partial charge in [0.05, 0.1) is 0 Å². The van der Waals surface area contributed by atoms with Gasteiger partial charge in [0.15, 0.2) is 0 Å². The zero-order valence-corrected chi connectivity index (χ0v) is 14.9. The van der Waals surface area contributed by atoms with Crippen molar-refractivity contribution in [2.75, 3.05) is 32.7 Å². The highest BCUT2D eigenvalue weighted by Crippen LogP contribution is 2.36. The van der Waals surface area contributed by atoms with E-state index in [-0.39, 0.29) is 24.2 Å². The maximum absolute atomic E-state index is 12.2. The summed E-state index contributed by atoms with van der Waals surface area (Å²) in [4.78, 5) is 25.9. The number of amides is 2. The van der Waals surface area contributed by atoms with Gasteiger partial charge in [-0.2, -0.15) is 0 Å². The Morgan fingerprint density at radius 2 is 1.82 bits per heavy atom. The summed E-state index contributed by atoms with van der Waals surface area (Å²) >= 11 is 0. The molecule has 22 heavy (non-hydrogen) atoms. The van der Waals surface area contributed by atoms with Crippen molar-refractivity contribution in [1.29, 1.82) is 0 Å². The molecule has 2 heterocycles. The van der Waals surface area contributed by atoms with Crippen LogP contribution in [0.15, 0.2) is 0 Å². The first kappa shape index (κ1) is 19.2. The van der Waals surface area contributed by atoms with E-state index in [2.05, 4.69) is 10.6 Å². The van der Waals surface area contributed by atoms with Crippen LogP contribution in [0, 0.1) is 10.8 Å². The number of likely N-dealkylation sites (tertiary alicyclic amines) is 1. The summed E-state index contributed by atoms with van der Waals surface area (Å²) in [6.45, 7) is 10.0. The number of carbonyl (C=O) groups excluding carboxylic acids is 2. The predicted molar refractivity (Wildman–Crippen MR) is 90.1 cm³/mol. The maximum atomic E-state index is 12.2. The fraction of sp³-hybridized carbons (Fsp3) is 0.875. The number of hydrogen-bond donors (Lipinski definition) is 2. The number of nitrogens with zero attached hydrogens (tertiary/aromatic N) is 1. The van der Waals surface area contributed by atoms with Gasteiger partial charge in [-0.1, -0.05) is 20.8 Å². The Bertz CT molecular complexity index is 391. The zero-order valence-electron chi connectivity index (χ0n) is 14.0. The van der Waals surface area contributed by atoms with Crippen LogP contribution < -0.4 is 10.6 Å². The predicted octanol–water partition coefficient (Wildman–Crippen LogP) is 1.56. The molecule has 0 atom stereocenters. The van der Waals surface area contributed by atoms with Gasteiger partial charge in [0.2, 0.25) is 11.8 Å². The van der Waals surface area contributed by atoms with Gasteiger partial charge in [0.1, 0.15) is 0 Å². The van der Waals surface area contributed by atoms with Gasteiger partial charge in [0.25, 0.3) is 0 Å². The van der Waals surface area contributed by atoms with E-state index < -0.39 is 5.41 Å². The average molecular weight is 332 g/mol. The fourth-order valence-electron chi connectivity index (χ4n) is 3.16. The lowest BCUT2D eigenvalue weighted by atomic mass is 9.78. The maximum Gasteiger partial charge on any atom is 0.225 e. The van der Waals surface area contributed by atoms with Crippen LogP contribution in [0.4, 0.5) is 0 Å². The minimum atomic E-state index is -0.393. The van der Waals surface area contributed by atoms with Crippen LogP contribution in [0.1, 0.15) is 46.5 Å². The number of piperidine rings is 1. The lowest BCUT2D eigenvalue weighted by molar-refractivity contribution is -0.133. The number of carbonyl (C=O) groups is 2. The second-order valence-corrected chi connectivity index (χ2v) is 7.56. The van der Waals surface area contributed by atoms with Crippen LogP contribution in [0.5, 0.6) is 0 Å². The first-order valence-electron chi connectivity index (χ1n) is 8.09. The molecule has 2 fully saturated rings. The molecular weight excluding hydrogens is 302 g/mol. The topological polar surface area (TPSA) is 61.4 Å². The van der Waals surface area contributed by atoms with Crippen LogP contribution in [-0.4, -0.2) is 49.4 Å². The van der Waals surface area contributed by atoms with Gasteiger partial charge in [-0.15, -0.1) is 12.4 Å². The normalized spacial score (nSPS) is 20.6. The first-order chi connectivity index (χ1) is 9.82. The largest absolute Gasteiger partial charge is 0.355 e. The number of nitrogens with one attached hydrogen (secondary N) is 2. The molecule has 0 bridgehead atoms. The lowest BCUT2D eigenvalue weighted by Crippen LogP contribution is -2.45. The van der Waals surface area contributed by atoms with E-state index in [0.717, 1.165) is 39.0 Å². The van der Waals surface area contributed by atoms with Crippen molar-refractivity contribution in [3.8, 4) is 0 Å². The Hall–Kier alpha value is -0.810. The van der Waals surface area contributed by atoms with Crippen LogP contribution >= 0.6 is 12.4 Å². The Kier molecular flexibility index (Phi) is 6.68. The quantitative estimate of drug-likeness (QED) is 0.825. The molecule has 2 aliphatic heterocycles. The molecule has 0 aromatic rings. The van der Waals surface area contributed by atoms with Crippen LogP contribution in [-0.2, 0) is 9.59 Å². The van der Waals surface area contributed by atoms with E-state index in [1.807, 2.05) is 25.7 Å². The van der Waals surface area contributed by atoms with Gasteiger partial charge in [0, 0.05) is 38.0 Å². The van der Waals surface area contributed by atoms with Crippen LogP contribution in [0.2, 0.25) is 0 Å². The molecule has 5 nitrogen and oxygen atoms in total. The third-order valence-corrected chi connectivity index (χ3v) is 4.81. The van der Waals surface area contributed by atoms with Gasteiger partial charge >= 0.3 is 0 Å². The average Bonchev–Trinajstić information content (AvgIpc) is 2.86. The number of hydrogen-bond acceptors (Lipinski definition) is 3. The fourth-order valence-corrected chi connectivity index (χ4v) is 3.16. The summed E-state index contributed by atoms with van der Waals surface area (Å²) in [5.41, 5.74) is 0.0489. The minimum absolute atomic E-state index is 0. The van der Waals surface area contributed by atoms with Crippen LogP contribution in [0.25, 0.3) is 0 Å². The highest BCUT2D eigenvalue weighted by atomic mass is 35.5. The molecule has 0 unspecified atom stereocenters. The highest BCUT2D eigenvalue weighted by Gasteiger charge is 2.37. The molecule has 2 rings (SSSR count). The Labute approximate surface area is 140 Å². The SMILES string of the molecule is CC(C)(C)C(=O)NCCC(=O)N1CCC2(CCNC2)CC1.Cl. The van der Waals surface area contributed by atoms with Crippen molar-refractivity contribution >= 4 is 24.2 Å². The van der Waals surface area contributed by atoms with Crippen molar-refractivity contribution in [1.82, 2.24) is 15.5 Å². The molecule has 0 aromatic carbocycles. The Balaban J connectivity index is 0.00000242. The van der Waals surface area contributed by atoms with E-state index in [9.17, 15) is 9.59 Å². The van der Waals surface area contributed by atoms with Crippen molar-refractivity contribution in [3.63, 3.8) is 0 Å². The summed E-state index contributed by atoms with van der Waals surface area (Å²) < 4.78 is 0. The standard InChI is InChI=1S/C16H29N3O2.ClH/c1-15(2,3)14(21)18-8-4-13(20)19-10-6-16(7-11-19)5-9-17-12-16;/h17H,4-12H2,1-3H3,(H,18,21);1H. The molecule has 6 heteroatoms. The Morgan fingerprint density at radius 3 is 2.32 bits per heavy atom. The van der Waals surface area contributed by atoms with Gasteiger partial charge in [-0.3, -0.25) is 9.59 Å². The highest BCUT2D eigenvalue weighted by molar-refractivity contribution is 5.85. The second kappa shape index (κ2) is 7.64. The summed E-state index contributed by atoms with van der Waals surface area (Å²) in [6.07, 6.45) is 3.88. The minimum Gasteiger partial charge on any atom is -0.355 e. The van der Waals surface area contributed by atoms with E-state index in [0.29, 0.717) is 18.4 Å². The van der Waals surface area contributed by atoms with E-state index in [1.54, 1.807) is 0 Å². The first-order valence-corrected chi connectivity index (χ1v) is 8.09. The summed E-state index contributed by atoms with van der Waals surface area (Å²) in [7, 11) is 0. The molecular formula is C16H30ClN3O2. The summed E-state index contributed by atoms with van der Waals surface area (Å²) in [5, 5.41) is 6.28. The number of halogens is 1. The molecule has 0 radical (unpaired) electrons. The van der Waals surface area contributed by atoms with Crippen molar-refractivity contribution < 1.29 is 9.59 Å². The molecule has 0 aromatic heterocycles. The molecule has 2 N–H and O–H groups in total. The monoisotopic (exact) mass is 331 g/mol. The second-order valence-electron chi connectivity index (χ2n) is 7.56. The third kappa shape index (κ3) is 4.85. The molecule has 0 saturated carbocycles. The van der Waals surface area contributed by atoms with Crippen molar-refractivity contribution in [2.45, 2.75) is 46.5 Å². The van der Waals surface area contributed by atoms with E-state index in [4.69, 9.17) is 0 Å². The summed E-state index contributed by atoms with van der Waals surface area (Å²) in [5.74, 6) is 0.176. The molecule has 2 amide bonds. The van der Waals surface area contributed by atoms with Gasteiger partial charge in [-0.25, -0.2) is 0 Å². The smallest absolute Gasteiger partial charge is 0.225 e. The Morgan fingerprint density at radius 1 is 1.18 bits per heavy atom.